The average molecular weight is 316 g/mol. The molecule has 0 spiro atoms. The molecule has 3 aromatic rings. The van der Waals surface area contributed by atoms with E-state index in [-0.39, 0.29) is 0 Å². The fraction of sp³-hybridized carbons (Fsp3) is 0.200. The molecule has 24 heavy (non-hydrogen) atoms. The van der Waals surface area contributed by atoms with Crippen LogP contribution < -0.4 is 10.2 Å². The van der Waals surface area contributed by atoms with Crippen molar-refractivity contribution in [2.75, 3.05) is 16.8 Å². The number of hydrogen-bond acceptors (Lipinski definition) is 4. The molecule has 1 aromatic heterocycles. The van der Waals surface area contributed by atoms with Crippen LogP contribution in [0.1, 0.15) is 16.7 Å². The Morgan fingerprint density at radius 3 is 2.62 bits per heavy atom. The molecule has 1 N–H and O–H groups in total. The van der Waals surface area contributed by atoms with Crippen molar-refractivity contribution in [1.82, 2.24) is 9.97 Å². The summed E-state index contributed by atoms with van der Waals surface area (Å²) >= 11 is 0. The highest BCUT2D eigenvalue weighted by Gasteiger charge is 2.17. The van der Waals surface area contributed by atoms with Gasteiger partial charge in [0, 0.05) is 25.0 Å². The summed E-state index contributed by atoms with van der Waals surface area (Å²) in [5, 5.41) is 3.32. The topological polar surface area (TPSA) is 41.1 Å². The van der Waals surface area contributed by atoms with Crippen molar-refractivity contribution < 1.29 is 0 Å². The molecule has 2 aromatic carbocycles. The van der Waals surface area contributed by atoms with E-state index in [0.29, 0.717) is 5.95 Å². The van der Waals surface area contributed by atoms with Crippen LogP contribution in [0.15, 0.2) is 60.8 Å². The Labute approximate surface area is 142 Å². The molecule has 0 saturated heterocycles. The van der Waals surface area contributed by atoms with Gasteiger partial charge in [-0.25, -0.2) is 4.98 Å². The van der Waals surface area contributed by atoms with Gasteiger partial charge >= 0.3 is 0 Å². The maximum absolute atomic E-state index is 4.71. The van der Waals surface area contributed by atoms with E-state index in [9.17, 15) is 0 Å². The minimum absolute atomic E-state index is 0.639. The Balaban J connectivity index is 1.56. The fourth-order valence-electron chi connectivity index (χ4n) is 3.11. The second kappa shape index (κ2) is 6.32. The molecule has 4 heteroatoms. The maximum atomic E-state index is 4.71. The van der Waals surface area contributed by atoms with Crippen molar-refractivity contribution in [3.05, 3.63) is 77.5 Å². The average Bonchev–Trinajstić information content (AvgIpc) is 2.63. The molecule has 4 rings (SSSR count). The highest BCUT2D eigenvalue weighted by molar-refractivity contribution is 5.59. The number of fused-ring (bicyclic) bond motifs is 1. The van der Waals surface area contributed by atoms with Gasteiger partial charge in [0.15, 0.2) is 0 Å². The maximum Gasteiger partial charge on any atom is 0.229 e. The van der Waals surface area contributed by atoms with E-state index in [4.69, 9.17) is 4.98 Å². The van der Waals surface area contributed by atoms with Gasteiger partial charge in [-0.15, -0.1) is 0 Å². The monoisotopic (exact) mass is 316 g/mol. The van der Waals surface area contributed by atoms with E-state index >= 15 is 0 Å². The SMILES string of the molecule is Cc1ccccc1Nc1nccc(N2CCc3ccccc3C2)n1. The number of benzene rings is 2. The van der Waals surface area contributed by atoms with Gasteiger partial charge in [0.25, 0.3) is 0 Å². The highest BCUT2D eigenvalue weighted by atomic mass is 15.2. The number of para-hydroxylation sites is 1. The number of aromatic nitrogens is 2. The predicted molar refractivity (Wildman–Crippen MR) is 97.7 cm³/mol. The largest absolute Gasteiger partial charge is 0.352 e. The molecule has 4 nitrogen and oxygen atoms in total. The Morgan fingerprint density at radius 2 is 1.75 bits per heavy atom. The molecule has 0 fully saturated rings. The summed E-state index contributed by atoms with van der Waals surface area (Å²) in [6.07, 6.45) is 2.88. The molecule has 1 aliphatic heterocycles. The first-order valence-electron chi connectivity index (χ1n) is 8.27. The summed E-state index contributed by atoms with van der Waals surface area (Å²) in [4.78, 5) is 11.4. The van der Waals surface area contributed by atoms with Crippen LogP contribution in [0.5, 0.6) is 0 Å². The van der Waals surface area contributed by atoms with Crippen molar-refractivity contribution in [1.29, 1.82) is 0 Å². The zero-order valence-corrected chi connectivity index (χ0v) is 13.7. The van der Waals surface area contributed by atoms with E-state index < -0.39 is 0 Å². The van der Waals surface area contributed by atoms with Crippen LogP contribution in [0.3, 0.4) is 0 Å². The number of aryl methyl sites for hydroxylation is 1. The second-order valence-corrected chi connectivity index (χ2v) is 6.12. The lowest BCUT2D eigenvalue weighted by Crippen LogP contribution is -2.31. The lowest BCUT2D eigenvalue weighted by Gasteiger charge is -2.29. The molecule has 0 bridgehead atoms. The zero-order chi connectivity index (χ0) is 16.4. The summed E-state index contributed by atoms with van der Waals surface area (Å²) in [5.41, 5.74) is 5.05. The van der Waals surface area contributed by atoms with Crippen LogP contribution in [0, 0.1) is 6.92 Å². The lowest BCUT2D eigenvalue weighted by molar-refractivity contribution is 0.720. The van der Waals surface area contributed by atoms with Crippen LogP contribution in [-0.4, -0.2) is 16.5 Å². The molecule has 0 atom stereocenters. The second-order valence-electron chi connectivity index (χ2n) is 6.12. The van der Waals surface area contributed by atoms with E-state index in [1.165, 1.54) is 16.7 Å². The van der Waals surface area contributed by atoms with Gasteiger partial charge in [0.05, 0.1) is 0 Å². The number of hydrogen-bond donors (Lipinski definition) is 1. The van der Waals surface area contributed by atoms with E-state index in [0.717, 1.165) is 31.0 Å². The van der Waals surface area contributed by atoms with Crippen LogP contribution in [-0.2, 0) is 13.0 Å². The minimum atomic E-state index is 0.639. The van der Waals surface area contributed by atoms with Gasteiger partial charge in [-0.2, -0.15) is 4.98 Å². The number of rotatable bonds is 3. The normalized spacial score (nSPS) is 13.5. The van der Waals surface area contributed by atoms with Crippen LogP contribution in [0.25, 0.3) is 0 Å². The van der Waals surface area contributed by atoms with Crippen LogP contribution in [0.4, 0.5) is 17.5 Å². The third-order valence-electron chi connectivity index (χ3n) is 4.49. The first-order chi connectivity index (χ1) is 11.8. The van der Waals surface area contributed by atoms with Gasteiger partial charge in [-0.3, -0.25) is 0 Å². The minimum Gasteiger partial charge on any atom is -0.352 e. The summed E-state index contributed by atoms with van der Waals surface area (Å²) in [7, 11) is 0. The summed E-state index contributed by atoms with van der Waals surface area (Å²) in [6, 6.07) is 18.8. The van der Waals surface area contributed by atoms with Gasteiger partial charge in [-0.1, -0.05) is 42.5 Å². The molecule has 120 valence electrons. The molecule has 0 unspecified atom stereocenters. The third-order valence-corrected chi connectivity index (χ3v) is 4.49. The number of anilines is 3. The predicted octanol–water partition coefficient (Wildman–Crippen LogP) is 4.09. The first kappa shape index (κ1) is 14.7. The van der Waals surface area contributed by atoms with Gasteiger partial charge in [0.1, 0.15) is 5.82 Å². The van der Waals surface area contributed by atoms with E-state index in [2.05, 4.69) is 52.5 Å². The Hall–Kier alpha value is -2.88. The van der Waals surface area contributed by atoms with Crippen molar-refractivity contribution in [2.24, 2.45) is 0 Å². The Morgan fingerprint density at radius 1 is 0.958 bits per heavy atom. The Bertz CT molecular complexity index is 860. The van der Waals surface area contributed by atoms with Gasteiger partial charge < -0.3 is 10.2 Å². The van der Waals surface area contributed by atoms with E-state index in [1.807, 2.05) is 30.5 Å². The fourth-order valence-corrected chi connectivity index (χ4v) is 3.11. The summed E-state index contributed by atoms with van der Waals surface area (Å²) in [5.74, 6) is 1.61. The van der Waals surface area contributed by atoms with Gasteiger partial charge in [0.2, 0.25) is 5.95 Å². The molecule has 1 aliphatic rings. The smallest absolute Gasteiger partial charge is 0.229 e. The molecule has 0 amide bonds. The van der Waals surface area contributed by atoms with Crippen LogP contribution in [0.2, 0.25) is 0 Å². The third kappa shape index (κ3) is 2.95. The van der Waals surface area contributed by atoms with Gasteiger partial charge in [-0.05, 0) is 42.2 Å². The van der Waals surface area contributed by atoms with E-state index in [1.54, 1.807) is 0 Å². The molecule has 0 aliphatic carbocycles. The van der Waals surface area contributed by atoms with Crippen molar-refractivity contribution in [3.8, 4) is 0 Å². The molecule has 0 saturated carbocycles. The van der Waals surface area contributed by atoms with Crippen molar-refractivity contribution >= 4 is 17.5 Å². The van der Waals surface area contributed by atoms with Crippen molar-refractivity contribution in [2.45, 2.75) is 19.9 Å². The molecule has 0 radical (unpaired) electrons. The molecular weight excluding hydrogens is 296 g/mol. The standard InChI is InChI=1S/C20H20N4/c1-15-6-2-5-9-18(15)22-20-21-12-10-19(23-20)24-13-11-16-7-3-4-8-17(16)14-24/h2-10,12H,11,13-14H2,1H3,(H,21,22,23). The zero-order valence-electron chi connectivity index (χ0n) is 13.7. The number of nitrogens with one attached hydrogen (secondary N) is 1. The lowest BCUT2D eigenvalue weighted by atomic mass is 10.00. The molecule has 2 heterocycles. The van der Waals surface area contributed by atoms with Crippen LogP contribution >= 0.6 is 0 Å². The Kier molecular flexibility index (Phi) is 3.87. The molecular formula is C20H20N4. The van der Waals surface area contributed by atoms with Crippen molar-refractivity contribution in [3.63, 3.8) is 0 Å². The highest BCUT2D eigenvalue weighted by Crippen LogP contribution is 2.24. The number of nitrogens with zero attached hydrogens (tertiary/aromatic N) is 3. The summed E-state index contributed by atoms with van der Waals surface area (Å²) in [6.45, 7) is 3.96. The quantitative estimate of drug-likeness (QED) is 0.790. The summed E-state index contributed by atoms with van der Waals surface area (Å²) < 4.78 is 0. The first-order valence-corrected chi connectivity index (χ1v) is 8.27.